The number of H-pyrrole nitrogens is 1. The molecule has 1 atom stereocenters. The van der Waals surface area contributed by atoms with Gasteiger partial charge < -0.3 is 0 Å². The Bertz CT molecular complexity index is 1210. The Morgan fingerprint density at radius 3 is 2.87 bits per heavy atom. The maximum atomic E-state index is 4.98. The van der Waals surface area contributed by atoms with Gasteiger partial charge in [0.05, 0.1) is 0 Å². The Balaban J connectivity index is 1.52. The molecule has 1 fully saturated rings. The molecule has 31 heavy (non-hydrogen) atoms. The van der Waals surface area contributed by atoms with Gasteiger partial charge in [0, 0.05) is 0 Å². The number of hydrogen-bond donors (Lipinski definition) is 2. The van der Waals surface area contributed by atoms with Crippen molar-refractivity contribution in [1.82, 2.24) is 34.8 Å². The number of imidazole rings is 2. The molecule has 0 spiro atoms. The molecule has 0 saturated carbocycles. The summed E-state index contributed by atoms with van der Waals surface area (Å²) in [5.41, 5.74) is 5.11. The number of benzene rings is 1. The van der Waals surface area contributed by atoms with E-state index in [4.69, 9.17) is 4.98 Å². The number of aromatic amines is 1. The number of nitrogens with one attached hydrogen (secondary N) is 2. The van der Waals surface area contributed by atoms with Crippen LogP contribution in [-0.4, -0.2) is 72.5 Å². The van der Waals surface area contributed by atoms with Crippen LogP contribution in [0.15, 0.2) is 34.8 Å². The second kappa shape index (κ2) is 8.80. The fourth-order valence-corrected chi connectivity index (χ4v) is 5.36. The van der Waals surface area contributed by atoms with Gasteiger partial charge in [-0.05, 0) is 0 Å². The van der Waals surface area contributed by atoms with E-state index in [9.17, 15) is 0 Å². The van der Waals surface area contributed by atoms with E-state index in [1.165, 1.54) is 33.9 Å². The normalized spacial score (nSPS) is 14.1. The standard InChI is InChI=1S/C21H27AsN8S/c1-13(2)10-23-4-7-30-20-18(19(22)26-12-27-20)28-21(30)31-17-9-15-14(24-11-25-15)8-16(17)29-5-3-6-29/h8-9,11-13,23H,3-7,10,22H2,1-2H3,(H,24,25). The third-order valence-electron chi connectivity index (χ3n) is 5.49. The zero-order valence-electron chi connectivity index (χ0n) is 17.8. The van der Waals surface area contributed by atoms with E-state index in [1.54, 1.807) is 24.4 Å². The second-order valence-corrected chi connectivity index (χ2v) is 10.4. The molecule has 8 nitrogen and oxygen atoms in total. The van der Waals surface area contributed by atoms with Crippen LogP contribution in [0.3, 0.4) is 0 Å². The fraction of sp³-hybridized carbons (Fsp3) is 0.429. The first-order valence-electron chi connectivity index (χ1n) is 10.7. The minimum atomic E-state index is 0.625. The van der Waals surface area contributed by atoms with Gasteiger partial charge in [-0.3, -0.25) is 0 Å². The van der Waals surface area contributed by atoms with Gasteiger partial charge >= 0.3 is 194 Å². The average Bonchev–Trinajstić information content (AvgIpc) is 3.29. The van der Waals surface area contributed by atoms with Gasteiger partial charge in [-0.1, -0.05) is 0 Å². The van der Waals surface area contributed by atoms with E-state index in [2.05, 4.69) is 60.7 Å². The predicted octanol–water partition coefficient (Wildman–Crippen LogP) is 1.57. The van der Waals surface area contributed by atoms with Gasteiger partial charge in [-0.2, -0.15) is 0 Å². The third-order valence-corrected chi connectivity index (χ3v) is 7.42. The average molecular weight is 498 g/mol. The van der Waals surface area contributed by atoms with Crippen molar-refractivity contribution >= 4 is 61.0 Å². The molecule has 1 aliphatic heterocycles. The molecule has 0 amide bonds. The van der Waals surface area contributed by atoms with Crippen molar-refractivity contribution in [2.24, 2.45) is 5.92 Å². The SMILES string of the molecule is CC(C)CNCCn1c(Sc2cc3nc[nH]c3cc2N2CCC2)nc2c([AsH2])ncnc21. The van der Waals surface area contributed by atoms with E-state index in [0.717, 1.165) is 64.6 Å². The van der Waals surface area contributed by atoms with Gasteiger partial charge in [-0.25, -0.2) is 0 Å². The maximum absolute atomic E-state index is 4.98. The molecule has 0 aliphatic carbocycles. The van der Waals surface area contributed by atoms with Crippen LogP contribution in [0.25, 0.3) is 22.2 Å². The summed E-state index contributed by atoms with van der Waals surface area (Å²) in [6.45, 7) is 9.33. The van der Waals surface area contributed by atoms with Crippen LogP contribution in [0.2, 0.25) is 0 Å². The van der Waals surface area contributed by atoms with Gasteiger partial charge in [0.15, 0.2) is 0 Å². The zero-order valence-corrected chi connectivity index (χ0v) is 21.0. The predicted molar refractivity (Wildman–Crippen MR) is 128 cm³/mol. The van der Waals surface area contributed by atoms with E-state index < -0.39 is 0 Å². The van der Waals surface area contributed by atoms with Crippen LogP contribution in [0.1, 0.15) is 20.3 Å². The molecule has 4 heterocycles. The second-order valence-electron chi connectivity index (χ2n) is 8.26. The molecule has 1 aliphatic rings. The molecular formula is C21H27AsN8S. The quantitative estimate of drug-likeness (QED) is 0.282. The summed E-state index contributed by atoms with van der Waals surface area (Å²) in [5.74, 6) is 0.625. The summed E-state index contributed by atoms with van der Waals surface area (Å²) in [6.07, 6.45) is 4.65. The van der Waals surface area contributed by atoms with Crippen molar-refractivity contribution in [2.45, 2.75) is 36.9 Å². The number of fused-ring (bicyclic) bond motifs is 2. The van der Waals surface area contributed by atoms with Crippen LogP contribution in [0, 0.1) is 5.92 Å². The van der Waals surface area contributed by atoms with E-state index >= 15 is 0 Å². The molecule has 1 saturated heterocycles. The van der Waals surface area contributed by atoms with E-state index in [0.29, 0.717) is 5.92 Å². The molecule has 0 bridgehead atoms. The molecule has 10 heteroatoms. The Morgan fingerprint density at radius 2 is 2.10 bits per heavy atom. The van der Waals surface area contributed by atoms with Crippen molar-refractivity contribution in [3.63, 3.8) is 0 Å². The van der Waals surface area contributed by atoms with Crippen molar-refractivity contribution in [3.05, 3.63) is 24.8 Å². The van der Waals surface area contributed by atoms with Gasteiger partial charge in [0.2, 0.25) is 0 Å². The van der Waals surface area contributed by atoms with Crippen LogP contribution in [0.5, 0.6) is 0 Å². The summed E-state index contributed by atoms with van der Waals surface area (Å²) < 4.78 is 3.20. The van der Waals surface area contributed by atoms with E-state index in [-0.39, 0.29) is 0 Å². The van der Waals surface area contributed by atoms with Crippen LogP contribution >= 0.6 is 11.8 Å². The first kappa shape index (κ1) is 20.8. The first-order valence-corrected chi connectivity index (χ1v) is 12.7. The van der Waals surface area contributed by atoms with Crippen LogP contribution in [0.4, 0.5) is 5.69 Å². The number of aromatic nitrogens is 6. The van der Waals surface area contributed by atoms with Crippen molar-refractivity contribution < 1.29 is 0 Å². The Hall–Kier alpha value is -2.09. The number of rotatable bonds is 8. The monoisotopic (exact) mass is 498 g/mol. The molecular weight excluding hydrogens is 471 g/mol. The van der Waals surface area contributed by atoms with Crippen LogP contribution in [-0.2, 0) is 6.54 Å². The summed E-state index contributed by atoms with van der Waals surface area (Å²) in [5, 5.41) is 4.50. The van der Waals surface area contributed by atoms with Gasteiger partial charge in [0.1, 0.15) is 0 Å². The fourth-order valence-electron chi connectivity index (χ4n) is 3.73. The number of anilines is 1. The zero-order chi connectivity index (χ0) is 21.4. The molecule has 162 valence electrons. The molecule has 5 rings (SSSR count). The summed E-state index contributed by atoms with van der Waals surface area (Å²) in [7, 11) is 0. The van der Waals surface area contributed by atoms with E-state index in [1.807, 2.05) is 0 Å². The Kier molecular flexibility index (Phi) is 5.90. The van der Waals surface area contributed by atoms with Crippen molar-refractivity contribution in [3.8, 4) is 0 Å². The summed E-state index contributed by atoms with van der Waals surface area (Å²) in [6, 6.07) is 4.39. The molecule has 1 aromatic carbocycles. The molecule has 1 unspecified atom stereocenters. The molecule has 3 aromatic heterocycles. The number of nitrogens with zero attached hydrogens (tertiary/aromatic N) is 6. The van der Waals surface area contributed by atoms with Gasteiger partial charge in [0.25, 0.3) is 0 Å². The first-order chi connectivity index (χ1) is 15.1. The molecule has 4 aromatic rings. The summed E-state index contributed by atoms with van der Waals surface area (Å²) in [4.78, 5) is 25.3. The molecule has 0 radical (unpaired) electrons. The van der Waals surface area contributed by atoms with Gasteiger partial charge in [-0.15, -0.1) is 0 Å². The van der Waals surface area contributed by atoms with Crippen LogP contribution < -0.4 is 14.7 Å². The van der Waals surface area contributed by atoms with Crippen molar-refractivity contribution in [2.75, 3.05) is 31.1 Å². The topological polar surface area (TPSA) is 87.5 Å². The minimum absolute atomic E-state index is 0.625. The summed E-state index contributed by atoms with van der Waals surface area (Å²) >= 11 is 3.18. The molecule has 2 N–H and O–H groups in total. The Labute approximate surface area is 194 Å². The van der Waals surface area contributed by atoms with Crippen molar-refractivity contribution in [1.29, 1.82) is 0 Å². The number of hydrogen-bond acceptors (Lipinski definition) is 7. The third kappa shape index (κ3) is 4.18. The Morgan fingerprint density at radius 1 is 1.23 bits per heavy atom.